The van der Waals surface area contributed by atoms with E-state index >= 15 is 0 Å². The van der Waals surface area contributed by atoms with Crippen LogP contribution in [0.5, 0.6) is 0 Å². The molecule has 2 aliphatic heterocycles. The van der Waals surface area contributed by atoms with E-state index in [-0.39, 0.29) is 23.5 Å². The molecule has 2 saturated heterocycles. The fraction of sp³-hybridized carbons (Fsp3) is 0.588. The highest BCUT2D eigenvalue weighted by atomic mass is 19.4. The number of aryl methyl sites for hydroxylation is 1. The Labute approximate surface area is 159 Å². The number of alkyl halides is 3. The minimum Gasteiger partial charge on any atom is -0.338 e. The first-order chi connectivity index (χ1) is 13.1. The van der Waals surface area contributed by atoms with Crippen molar-refractivity contribution >= 4 is 17.3 Å². The van der Waals surface area contributed by atoms with Gasteiger partial charge in [0.1, 0.15) is 0 Å². The molecule has 0 aromatic heterocycles. The van der Waals surface area contributed by atoms with E-state index in [0.717, 1.165) is 11.0 Å². The van der Waals surface area contributed by atoms with Crippen LogP contribution in [0.4, 0.5) is 24.5 Å². The van der Waals surface area contributed by atoms with Crippen LogP contribution in [-0.4, -0.2) is 78.9 Å². The average molecular weight is 402 g/mol. The lowest BCUT2D eigenvalue weighted by molar-refractivity contribution is -0.385. The van der Waals surface area contributed by atoms with Gasteiger partial charge in [-0.15, -0.1) is 0 Å². The number of nitro groups is 1. The first kappa shape index (κ1) is 20.3. The zero-order chi connectivity index (χ0) is 20.6. The number of nitrogens with zero attached hydrogens (tertiary/aromatic N) is 4. The first-order valence-electron chi connectivity index (χ1n) is 8.79. The molecule has 2 aliphatic rings. The van der Waals surface area contributed by atoms with Crippen molar-refractivity contribution in [2.24, 2.45) is 0 Å². The fourth-order valence-corrected chi connectivity index (χ4v) is 3.43. The van der Waals surface area contributed by atoms with Gasteiger partial charge in [-0.2, -0.15) is 13.2 Å². The molecular formula is C17H21F3N4O4. The molecule has 2 unspecified atom stereocenters. The molecule has 2 fully saturated rings. The third-order valence-electron chi connectivity index (χ3n) is 5.02. The Morgan fingerprint density at radius 1 is 1.25 bits per heavy atom. The summed E-state index contributed by atoms with van der Waals surface area (Å²) >= 11 is 0. The highest BCUT2D eigenvalue weighted by molar-refractivity contribution is 5.82. The topological polar surface area (TPSA) is 79.2 Å². The van der Waals surface area contributed by atoms with E-state index in [1.54, 1.807) is 0 Å². The first-order valence-corrected chi connectivity index (χ1v) is 8.79. The van der Waals surface area contributed by atoms with Crippen LogP contribution in [0.15, 0.2) is 18.2 Å². The molecule has 28 heavy (non-hydrogen) atoms. The summed E-state index contributed by atoms with van der Waals surface area (Å²) in [7, 11) is 1.91. The molecule has 8 nitrogen and oxygen atoms in total. The van der Waals surface area contributed by atoms with Gasteiger partial charge in [0.05, 0.1) is 11.5 Å². The van der Waals surface area contributed by atoms with Gasteiger partial charge in [-0.1, -0.05) is 0 Å². The quantitative estimate of drug-likeness (QED) is 0.567. The van der Waals surface area contributed by atoms with Crippen LogP contribution in [0.25, 0.3) is 0 Å². The number of carbonyl (C=O) groups is 1. The van der Waals surface area contributed by atoms with Crippen molar-refractivity contribution in [1.82, 2.24) is 9.80 Å². The Kier molecular flexibility index (Phi) is 5.48. The largest absolute Gasteiger partial charge is 0.433 e. The monoisotopic (exact) mass is 402 g/mol. The molecule has 0 spiro atoms. The van der Waals surface area contributed by atoms with Crippen molar-refractivity contribution in [1.29, 1.82) is 0 Å². The van der Waals surface area contributed by atoms with Gasteiger partial charge in [-0.3, -0.25) is 14.9 Å². The fourth-order valence-electron chi connectivity index (χ4n) is 3.43. The Morgan fingerprint density at radius 3 is 2.43 bits per heavy atom. The van der Waals surface area contributed by atoms with E-state index in [0.29, 0.717) is 26.2 Å². The molecule has 1 aromatic carbocycles. The molecule has 0 aliphatic carbocycles. The number of rotatable bonds is 3. The van der Waals surface area contributed by atoms with Crippen LogP contribution in [0, 0.1) is 17.0 Å². The number of piperazine rings is 1. The predicted octanol–water partition coefficient (Wildman–Crippen LogP) is 1.77. The van der Waals surface area contributed by atoms with Crippen molar-refractivity contribution in [2.45, 2.75) is 25.4 Å². The summed E-state index contributed by atoms with van der Waals surface area (Å²) in [6, 6.07) is 3.71. The van der Waals surface area contributed by atoms with Crippen molar-refractivity contribution in [2.75, 3.05) is 44.7 Å². The zero-order valence-electron chi connectivity index (χ0n) is 15.5. The molecule has 154 valence electrons. The van der Waals surface area contributed by atoms with E-state index < -0.39 is 29.3 Å². The van der Waals surface area contributed by atoms with Gasteiger partial charge in [0.15, 0.2) is 6.10 Å². The van der Waals surface area contributed by atoms with Crippen molar-refractivity contribution in [3.63, 3.8) is 0 Å². The molecule has 0 radical (unpaired) electrons. The van der Waals surface area contributed by atoms with Gasteiger partial charge in [-0.25, -0.2) is 0 Å². The van der Waals surface area contributed by atoms with Gasteiger partial charge in [-0.05, 0) is 26.1 Å². The number of likely N-dealkylation sites (N-methyl/N-ethyl adjacent to an activating group) is 1. The Balaban J connectivity index is 1.83. The Morgan fingerprint density at radius 2 is 1.89 bits per heavy atom. The van der Waals surface area contributed by atoms with Crippen LogP contribution >= 0.6 is 0 Å². The third kappa shape index (κ3) is 4.04. The van der Waals surface area contributed by atoms with Crippen LogP contribution in [0.2, 0.25) is 0 Å². The molecule has 0 N–H and O–H groups in total. The lowest BCUT2D eigenvalue weighted by Crippen LogP contribution is -2.51. The number of nitro benzene ring substituents is 1. The van der Waals surface area contributed by atoms with Crippen molar-refractivity contribution in [3.8, 4) is 0 Å². The van der Waals surface area contributed by atoms with Gasteiger partial charge in [0.2, 0.25) is 6.23 Å². The minimum atomic E-state index is -4.72. The minimum absolute atomic E-state index is 0.124. The maximum absolute atomic E-state index is 13.5. The molecule has 1 aromatic rings. The summed E-state index contributed by atoms with van der Waals surface area (Å²) in [6.45, 7) is 3.34. The number of hydrogen-bond donors (Lipinski definition) is 0. The summed E-state index contributed by atoms with van der Waals surface area (Å²) in [5.74, 6) is -0.469. The SMILES string of the molecule is Cc1cc(N2CC(C(=O)N3CCN(C)CC3)OC2C(F)(F)F)ccc1[N+](=O)[O-]. The number of halogens is 3. The summed E-state index contributed by atoms with van der Waals surface area (Å²) in [5, 5.41) is 11.0. The molecule has 0 saturated carbocycles. The predicted molar refractivity (Wildman–Crippen MR) is 94.0 cm³/mol. The van der Waals surface area contributed by atoms with Gasteiger partial charge in [0, 0.05) is 43.5 Å². The van der Waals surface area contributed by atoms with Gasteiger partial charge >= 0.3 is 6.18 Å². The summed E-state index contributed by atoms with van der Waals surface area (Å²) in [5.41, 5.74) is 0.175. The average Bonchev–Trinajstić information content (AvgIpc) is 3.07. The van der Waals surface area contributed by atoms with E-state index in [1.165, 1.54) is 24.0 Å². The van der Waals surface area contributed by atoms with E-state index in [2.05, 4.69) is 0 Å². The number of anilines is 1. The number of benzene rings is 1. The Bertz CT molecular complexity index is 765. The second kappa shape index (κ2) is 7.55. The molecule has 2 atom stereocenters. The van der Waals surface area contributed by atoms with Gasteiger partial charge < -0.3 is 19.4 Å². The molecule has 2 heterocycles. The number of carbonyl (C=O) groups excluding carboxylic acids is 1. The number of amides is 1. The molecule has 1 amide bonds. The number of ether oxygens (including phenoxy) is 1. The van der Waals surface area contributed by atoms with Crippen LogP contribution in [0.3, 0.4) is 0 Å². The lowest BCUT2D eigenvalue weighted by atomic mass is 10.1. The van der Waals surface area contributed by atoms with E-state index in [1.807, 2.05) is 11.9 Å². The van der Waals surface area contributed by atoms with E-state index in [9.17, 15) is 28.1 Å². The summed E-state index contributed by atoms with van der Waals surface area (Å²) in [4.78, 5) is 27.5. The third-order valence-corrected chi connectivity index (χ3v) is 5.02. The molecular weight excluding hydrogens is 381 g/mol. The van der Waals surface area contributed by atoms with Crippen LogP contribution < -0.4 is 4.90 Å². The maximum Gasteiger partial charge on any atom is 0.433 e. The second-order valence-corrected chi connectivity index (χ2v) is 7.03. The summed E-state index contributed by atoms with van der Waals surface area (Å²) in [6.07, 6.45) is -8.24. The molecule has 0 bridgehead atoms. The van der Waals surface area contributed by atoms with Crippen LogP contribution in [0.1, 0.15) is 5.56 Å². The second-order valence-electron chi connectivity index (χ2n) is 7.03. The lowest BCUT2D eigenvalue weighted by Gasteiger charge is -2.33. The van der Waals surface area contributed by atoms with Gasteiger partial charge in [0.25, 0.3) is 11.6 Å². The number of hydrogen-bond acceptors (Lipinski definition) is 6. The van der Waals surface area contributed by atoms with E-state index in [4.69, 9.17) is 4.74 Å². The van der Waals surface area contributed by atoms with Crippen molar-refractivity contribution < 1.29 is 27.6 Å². The highest BCUT2D eigenvalue weighted by Crippen LogP contribution is 2.36. The van der Waals surface area contributed by atoms with Crippen LogP contribution in [-0.2, 0) is 9.53 Å². The standard InChI is InChI=1S/C17H21F3N4O4/c1-11-9-12(3-4-13(11)24(26)27)23-10-14(28-16(23)17(18,19)20)15(25)22-7-5-21(2)6-8-22/h3-4,9,14,16H,5-8,10H2,1-2H3. The maximum atomic E-state index is 13.5. The molecule has 11 heteroatoms. The smallest absolute Gasteiger partial charge is 0.338 e. The highest BCUT2D eigenvalue weighted by Gasteiger charge is 2.53. The zero-order valence-corrected chi connectivity index (χ0v) is 15.5. The molecule has 3 rings (SSSR count). The van der Waals surface area contributed by atoms with Crippen molar-refractivity contribution in [3.05, 3.63) is 33.9 Å². The Hall–Kier alpha value is -2.40. The summed E-state index contributed by atoms with van der Waals surface area (Å²) < 4.78 is 45.7. The normalized spacial score (nSPS) is 23.9.